The lowest BCUT2D eigenvalue weighted by molar-refractivity contribution is -0.118. The number of carbonyl (C=O) groups is 1. The van der Waals surface area contributed by atoms with Crippen LogP contribution in [0.1, 0.15) is 0 Å². The third kappa shape index (κ3) is 3.35. The van der Waals surface area contributed by atoms with E-state index in [2.05, 4.69) is 5.32 Å². The summed E-state index contributed by atoms with van der Waals surface area (Å²) in [6.07, 6.45) is 0. The number of ether oxygens (including phenoxy) is 1. The molecule has 110 valence electrons. The van der Waals surface area contributed by atoms with Gasteiger partial charge in [-0.1, -0.05) is 30.3 Å². The lowest BCUT2D eigenvalue weighted by Crippen LogP contribution is -2.20. The summed E-state index contributed by atoms with van der Waals surface area (Å²) >= 11 is 0. The van der Waals surface area contributed by atoms with E-state index < -0.39 is 0 Å². The predicted molar refractivity (Wildman–Crippen MR) is 88.9 cm³/mol. The summed E-state index contributed by atoms with van der Waals surface area (Å²) in [5.41, 5.74) is 6.95. The van der Waals surface area contributed by atoms with Gasteiger partial charge in [0.2, 0.25) is 0 Å². The minimum absolute atomic E-state index is 0.0390. The van der Waals surface area contributed by atoms with Gasteiger partial charge in [-0.2, -0.15) is 0 Å². The van der Waals surface area contributed by atoms with Gasteiger partial charge in [0, 0.05) is 11.4 Å². The zero-order valence-electron chi connectivity index (χ0n) is 12.0. The van der Waals surface area contributed by atoms with Crippen LogP contribution in [-0.2, 0) is 4.79 Å². The summed E-state index contributed by atoms with van der Waals surface area (Å²) in [6, 6.07) is 20.7. The standard InChI is InChI=1S/C18H16N2O2/c19-15-6-8-16(9-7-15)20-18(21)12-22-17-10-5-13-3-1-2-4-14(13)11-17/h1-11H,12,19H2,(H,20,21). The number of amides is 1. The monoisotopic (exact) mass is 292 g/mol. The van der Waals surface area contributed by atoms with Gasteiger partial charge in [0.1, 0.15) is 5.75 Å². The van der Waals surface area contributed by atoms with Crippen molar-refractivity contribution in [2.45, 2.75) is 0 Å². The number of nitrogens with two attached hydrogens (primary N) is 1. The largest absolute Gasteiger partial charge is 0.484 e. The minimum Gasteiger partial charge on any atom is -0.484 e. The molecule has 0 saturated heterocycles. The van der Waals surface area contributed by atoms with E-state index in [4.69, 9.17) is 10.5 Å². The molecule has 0 heterocycles. The Labute approximate surface area is 128 Å². The van der Waals surface area contributed by atoms with Gasteiger partial charge in [-0.25, -0.2) is 0 Å². The summed E-state index contributed by atoms with van der Waals surface area (Å²) in [5.74, 6) is 0.462. The smallest absolute Gasteiger partial charge is 0.262 e. The molecule has 0 unspecified atom stereocenters. The van der Waals surface area contributed by atoms with Crippen LogP contribution < -0.4 is 15.8 Å². The first kappa shape index (κ1) is 13.9. The number of benzene rings is 3. The summed E-state index contributed by atoms with van der Waals surface area (Å²) in [6.45, 7) is -0.0390. The highest BCUT2D eigenvalue weighted by molar-refractivity contribution is 5.92. The van der Waals surface area contributed by atoms with E-state index in [0.717, 1.165) is 10.8 Å². The van der Waals surface area contributed by atoms with Gasteiger partial charge in [-0.15, -0.1) is 0 Å². The first-order chi connectivity index (χ1) is 10.7. The molecule has 0 aliphatic carbocycles. The number of fused-ring (bicyclic) bond motifs is 1. The van der Waals surface area contributed by atoms with E-state index in [1.54, 1.807) is 24.3 Å². The average Bonchev–Trinajstić information content (AvgIpc) is 2.55. The van der Waals surface area contributed by atoms with Crippen molar-refractivity contribution < 1.29 is 9.53 Å². The topological polar surface area (TPSA) is 64.3 Å². The molecule has 3 N–H and O–H groups in total. The predicted octanol–water partition coefficient (Wildman–Crippen LogP) is 3.44. The molecule has 0 aliphatic rings. The van der Waals surface area contributed by atoms with Crippen molar-refractivity contribution in [3.8, 4) is 5.75 Å². The first-order valence-electron chi connectivity index (χ1n) is 6.98. The van der Waals surface area contributed by atoms with Crippen molar-refractivity contribution >= 4 is 28.1 Å². The van der Waals surface area contributed by atoms with Crippen molar-refractivity contribution in [2.75, 3.05) is 17.7 Å². The third-order valence-electron chi connectivity index (χ3n) is 3.29. The normalized spacial score (nSPS) is 10.4. The highest BCUT2D eigenvalue weighted by Crippen LogP contribution is 2.20. The van der Waals surface area contributed by atoms with Gasteiger partial charge >= 0.3 is 0 Å². The van der Waals surface area contributed by atoms with Gasteiger partial charge in [0.15, 0.2) is 6.61 Å². The number of carbonyl (C=O) groups excluding carboxylic acids is 1. The van der Waals surface area contributed by atoms with E-state index in [0.29, 0.717) is 17.1 Å². The Kier molecular flexibility index (Phi) is 3.92. The Balaban J connectivity index is 1.60. The summed E-state index contributed by atoms with van der Waals surface area (Å²) in [4.78, 5) is 11.9. The zero-order valence-corrected chi connectivity index (χ0v) is 12.0. The van der Waals surface area contributed by atoms with Crippen molar-refractivity contribution in [2.24, 2.45) is 0 Å². The average molecular weight is 292 g/mol. The molecule has 0 fully saturated rings. The maximum Gasteiger partial charge on any atom is 0.262 e. The van der Waals surface area contributed by atoms with Crippen LogP contribution in [-0.4, -0.2) is 12.5 Å². The van der Waals surface area contributed by atoms with Crippen LogP contribution in [0.4, 0.5) is 11.4 Å². The molecule has 4 heteroatoms. The molecular weight excluding hydrogens is 276 g/mol. The zero-order chi connectivity index (χ0) is 15.4. The van der Waals surface area contributed by atoms with Crippen molar-refractivity contribution in [3.05, 3.63) is 66.7 Å². The van der Waals surface area contributed by atoms with Gasteiger partial charge in [0.05, 0.1) is 0 Å². The molecule has 1 amide bonds. The van der Waals surface area contributed by atoms with E-state index >= 15 is 0 Å². The molecule has 0 aliphatic heterocycles. The Hall–Kier alpha value is -3.01. The van der Waals surface area contributed by atoms with Gasteiger partial charge in [0.25, 0.3) is 5.91 Å². The molecule has 0 bridgehead atoms. The Bertz CT molecular complexity index is 798. The van der Waals surface area contributed by atoms with Gasteiger partial charge in [-0.05, 0) is 47.2 Å². The van der Waals surface area contributed by atoms with Crippen molar-refractivity contribution in [1.82, 2.24) is 0 Å². The van der Waals surface area contributed by atoms with Crippen LogP contribution in [0.5, 0.6) is 5.75 Å². The Morgan fingerprint density at radius 2 is 1.68 bits per heavy atom. The molecule has 3 aromatic carbocycles. The quantitative estimate of drug-likeness (QED) is 0.724. The molecule has 3 rings (SSSR count). The first-order valence-corrected chi connectivity index (χ1v) is 6.98. The van der Waals surface area contributed by atoms with Crippen LogP contribution in [0.2, 0.25) is 0 Å². The number of rotatable bonds is 4. The molecule has 0 atom stereocenters. The molecule has 0 spiro atoms. The summed E-state index contributed by atoms with van der Waals surface area (Å²) in [7, 11) is 0. The van der Waals surface area contributed by atoms with E-state index in [1.165, 1.54) is 0 Å². The van der Waals surface area contributed by atoms with Crippen molar-refractivity contribution in [1.29, 1.82) is 0 Å². The number of hydrogen-bond acceptors (Lipinski definition) is 3. The molecule has 4 nitrogen and oxygen atoms in total. The highest BCUT2D eigenvalue weighted by atomic mass is 16.5. The van der Waals surface area contributed by atoms with Crippen molar-refractivity contribution in [3.63, 3.8) is 0 Å². The van der Waals surface area contributed by atoms with Crippen LogP contribution in [0.25, 0.3) is 10.8 Å². The molecule has 0 aromatic heterocycles. The lowest BCUT2D eigenvalue weighted by atomic mass is 10.1. The SMILES string of the molecule is Nc1ccc(NC(=O)COc2ccc3ccccc3c2)cc1. The molecule has 3 aromatic rings. The Morgan fingerprint density at radius 3 is 2.45 bits per heavy atom. The molecule has 0 saturated carbocycles. The lowest BCUT2D eigenvalue weighted by Gasteiger charge is -2.08. The highest BCUT2D eigenvalue weighted by Gasteiger charge is 2.04. The second kappa shape index (κ2) is 6.18. The van der Waals surface area contributed by atoms with E-state index in [1.807, 2.05) is 42.5 Å². The van der Waals surface area contributed by atoms with E-state index in [-0.39, 0.29) is 12.5 Å². The van der Waals surface area contributed by atoms with Crippen LogP contribution >= 0.6 is 0 Å². The summed E-state index contributed by atoms with van der Waals surface area (Å²) in [5, 5.41) is 4.98. The van der Waals surface area contributed by atoms with E-state index in [9.17, 15) is 4.79 Å². The maximum absolute atomic E-state index is 11.9. The molecular formula is C18H16N2O2. The second-order valence-corrected chi connectivity index (χ2v) is 4.97. The summed E-state index contributed by atoms with van der Waals surface area (Å²) < 4.78 is 5.54. The number of nitrogens with one attached hydrogen (secondary N) is 1. The van der Waals surface area contributed by atoms with Crippen LogP contribution in [0.15, 0.2) is 66.7 Å². The Morgan fingerprint density at radius 1 is 0.955 bits per heavy atom. The minimum atomic E-state index is -0.210. The number of nitrogen functional groups attached to an aromatic ring is 1. The van der Waals surface area contributed by atoms with Crippen LogP contribution in [0, 0.1) is 0 Å². The number of hydrogen-bond donors (Lipinski definition) is 2. The van der Waals surface area contributed by atoms with Crippen LogP contribution in [0.3, 0.4) is 0 Å². The second-order valence-electron chi connectivity index (χ2n) is 4.97. The fraction of sp³-hybridized carbons (Fsp3) is 0.0556. The number of anilines is 2. The fourth-order valence-electron chi connectivity index (χ4n) is 2.17. The van der Waals surface area contributed by atoms with Gasteiger partial charge < -0.3 is 15.8 Å². The molecule has 22 heavy (non-hydrogen) atoms. The van der Waals surface area contributed by atoms with Gasteiger partial charge in [-0.3, -0.25) is 4.79 Å². The molecule has 0 radical (unpaired) electrons. The maximum atomic E-state index is 11.9. The third-order valence-corrected chi connectivity index (χ3v) is 3.29. The fourth-order valence-corrected chi connectivity index (χ4v) is 2.17.